The van der Waals surface area contributed by atoms with Crippen LogP contribution in [0.15, 0.2) is 0 Å². The summed E-state index contributed by atoms with van der Waals surface area (Å²) < 4.78 is 4.81. The quantitative estimate of drug-likeness (QED) is 0.626. The van der Waals surface area contributed by atoms with Crippen molar-refractivity contribution in [2.24, 2.45) is 5.73 Å². The van der Waals surface area contributed by atoms with Crippen LogP contribution < -0.4 is 5.73 Å². The Balaban J connectivity index is 2.43. The summed E-state index contributed by atoms with van der Waals surface area (Å²) in [6.07, 6.45) is 2.27. The maximum absolute atomic E-state index is 11.6. The molecule has 0 saturated heterocycles. The molecule has 1 rings (SSSR count). The van der Waals surface area contributed by atoms with Crippen molar-refractivity contribution >= 4 is 11.9 Å². The second-order valence-corrected chi connectivity index (χ2v) is 3.60. The minimum atomic E-state index is -0.338. The van der Waals surface area contributed by atoms with Crippen molar-refractivity contribution in [1.82, 2.24) is 4.90 Å². The molecule has 5 heteroatoms. The summed E-state index contributed by atoms with van der Waals surface area (Å²) in [5.74, 6) is -0.386. The molecule has 0 unspecified atom stereocenters. The van der Waals surface area contributed by atoms with Gasteiger partial charge in [-0.3, -0.25) is 9.59 Å². The SMILES string of the molecule is CCOC(=O)CN(C(=O)CCN)C1CC1. The molecule has 0 aromatic rings. The maximum Gasteiger partial charge on any atom is 0.325 e. The average Bonchev–Trinajstić information content (AvgIpc) is 2.98. The lowest BCUT2D eigenvalue weighted by atomic mass is 10.3. The van der Waals surface area contributed by atoms with Crippen LogP contribution in [0.4, 0.5) is 0 Å². The first-order chi connectivity index (χ1) is 7.19. The fourth-order valence-corrected chi connectivity index (χ4v) is 1.42. The van der Waals surface area contributed by atoms with Crippen molar-refractivity contribution in [3.05, 3.63) is 0 Å². The molecule has 1 saturated carbocycles. The molecule has 0 aliphatic heterocycles. The van der Waals surface area contributed by atoms with Gasteiger partial charge < -0.3 is 15.4 Å². The third kappa shape index (κ3) is 3.87. The van der Waals surface area contributed by atoms with Crippen molar-refractivity contribution in [2.45, 2.75) is 32.2 Å². The molecule has 15 heavy (non-hydrogen) atoms. The lowest BCUT2D eigenvalue weighted by Gasteiger charge is -2.20. The van der Waals surface area contributed by atoms with Gasteiger partial charge in [-0.25, -0.2) is 0 Å². The summed E-state index contributed by atoms with van der Waals surface area (Å²) in [6.45, 7) is 2.49. The molecule has 0 bridgehead atoms. The average molecular weight is 214 g/mol. The molecule has 0 radical (unpaired) electrons. The Kier molecular flexibility index (Phi) is 4.55. The number of rotatable bonds is 6. The van der Waals surface area contributed by atoms with Crippen LogP contribution in [-0.4, -0.2) is 42.5 Å². The van der Waals surface area contributed by atoms with E-state index in [1.807, 2.05) is 0 Å². The molecule has 1 aliphatic rings. The smallest absolute Gasteiger partial charge is 0.325 e. The van der Waals surface area contributed by atoms with Gasteiger partial charge >= 0.3 is 5.97 Å². The molecule has 1 aliphatic carbocycles. The topological polar surface area (TPSA) is 72.6 Å². The van der Waals surface area contributed by atoms with E-state index in [0.717, 1.165) is 12.8 Å². The van der Waals surface area contributed by atoms with Gasteiger partial charge in [-0.15, -0.1) is 0 Å². The molecule has 0 aromatic heterocycles. The van der Waals surface area contributed by atoms with E-state index >= 15 is 0 Å². The third-order valence-electron chi connectivity index (χ3n) is 2.27. The predicted octanol–water partition coefficient (Wildman–Crippen LogP) is -0.111. The number of nitrogens with zero attached hydrogens (tertiary/aromatic N) is 1. The Morgan fingerprint density at radius 1 is 1.47 bits per heavy atom. The Labute approximate surface area is 89.6 Å². The highest BCUT2D eigenvalue weighted by Crippen LogP contribution is 2.27. The molecular formula is C10H18N2O3. The summed E-state index contributed by atoms with van der Waals surface area (Å²) in [5, 5.41) is 0. The monoisotopic (exact) mass is 214 g/mol. The highest BCUT2D eigenvalue weighted by atomic mass is 16.5. The van der Waals surface area contributed by atoms with Crippen LogP contribution in [0.5, 0.6) is 0 Å². The van der Waals surface area contributed by atoms with Crippen LogP contribution in [0, 0.1) is 0 Å². The Hall–Kier alpha value is -1.10. The van der Waals surface area contributed by atoms with Gasteiger partial charge in [0.2, 0.25) is 5.91 Å². The van der Waals surface area contributed by atoms with Crippen molar-refractivity contribution in [2.75, 3.05) is 19.7 Å². The fourth-order valence-electron chi connectivity index (χ4n) is 1.42. The Morgan fingerprint density at radius 3 is 2.60 bits per heavy atom. The molecule has 0 aromatic carbocycles. The summed E-state index contributed by atoms with van der Waals surface area (Å²) in [4.78, 5) is 24.4. The molecule has 2 N–H and O–H groups in total. The van der Waals surface area contributed by atoms with Crippen molar-refractivity contribution in [3.63, 3.8) is 0 Å². The van der Waals surface area contributed by atoms with E-state index in [4.69, 9.17) is 10.5 Å². The van der Waals surface area contributed by atoms with Crippen molar-refractivity contribution < 1.29 is 14.3 Å². The first-order valence-electron chi connectivity index (χ1n) is 5.34. The maximum atomic E-state index is 11.6. The van der Waals surface area contributed by atoms with Crippen LogP contribution in [0.25, 0.3) is 0 Å². The fraction of sp³-hybridized carbons (Fsp3) is 0.800. The number of hydrogen-bond acceptors (Lipinski definition) is 4. The van der Waals surface area contributed by atoms with Gasteiger partial charge in [0.25, 0.3) is 0 Å². The van der Waals surface area contributed by atoms with Gasteiger partial charge in [0.15, 0.2) is 0 Å². The van der Waals surface area contributed by atoms with Crippen LogP contribution >= 0.6 is 0 Å². The van der Waals surface area contributed by atoms with Gasteiger partial charge in [0.1, 0.15) is 6.54 Å². The van der Waals surface area contributed by atoms with Crippen LogP contribution in [0.1, 0.15) is 26.2 Å². The number of nitrogens with two attached hydrogens (primary N) is 1. The Bertz CT molecular complexity index is 239. The van der Waals surface area contributed by atoms with Gasteiger partial charge in [0.05, 0.1) is 6.61 Å². The third-order valence-corrected chi connectivity index (χ3v) is 2.27. The van der Waals surface area contributed by atoms with Crippen molar-refractivity contribution in [3.8, 4) is 0 Å². The lowest BCUT2D eigenvalue weighted by Crippen LogP contribution is -2.39. The Morgan fingerprint density at radius 2 is 2.13 bits per heavy atom. The molecule has 0 heterocycles. The zero-order chi connectivity index (χ0) is 11.3. The highest BCUT2D eigenvalue weighted by Gasteiger charge is 2.33. The normalized spacial score (nSPS) is 14.8. The number of amides is 1. The largest absolute Gasteiger partial charge is 0.465 e. The van der Waals surface area contributed by atoms with Gasteiger partial charge in [-0.1, -0.05) is 0 Å². The molecule has 1 amide bonds. The van der Waals surface area contributed by atoms with E-state index in [-0.39, 0.29) is 24.5 Å². The van der Waals surface area contributed by atoms with Gasteiger partial charge in [0, 0.05) is 19.0 Å². The van der Waals surface area contributed by atoms with E-state index in [0.29, 0.717) is 19.6 Å². The first kappa shape index (κ1) is 12.0. The summed E-state index contributed by atoms with van der Waals surface area (Å²) >= 11 is 0. The number of hydrogen-bond donors (Lipinski definition) is 1. The summed E-state index contributed by atoms with van der Waals surface area (Å²) in [5.41, 5.74) is 5.31. The zero-order valence-electron chi connectivity index (χ0n) is 9.07. The summed E-state index contributed by atoms with van der Waals surface area (Å²) in [7, 11) is 0. The van der Waals surface area contributed by atoms with E-state index in [9.17, 15) is 9.59 Å². The minimum absolute atomic E-state index is 0.0481. The number of carbonyl (C=O) groups excluding carboxylic acids is 2. The van der Waals surface area contributed by atoms with E-state index < -0.39 is 0 Å². The van der Waals surface area contributed by atoms with E-state index in [1.165, 1.54) is 0 Å². The van der Waals surface area contributed by atoms with Crippen molar-refractivity contribution in [1.29, 1.82) is 0 Å². The number of carbonyl (C=O) groups is 2. The van der Waals surface area contributed by atoms with Crippen LogP contribution in [0.2, 0.25) is 0 Å². The molecule has 86 valence electrons. The molecule has 1 fully saturated rings. The first-order valence-corrected chi connectivity index (χ1v) is 5.34. The van der Waals surface area contributed by atoms with Gasteiger partial charge in [-0.05, 0) is 19.8 Å². The summed E-state index contributed by atoms with van der Waals surface area (Å²) in [6, 6.07) is 0.230. The second kappa shape index (κ2) is 5.70. The number of ether oxygens (including phenoxy) is 1. The van der Waals surface area contributed by atoms with Gasteiger partial charge in [-0.2, -0.15) is 0 Å². The molecule has 0 spiro atoms. The second-order valence-electron chi connectivity index (χ2n) is 3.60. The molecule has 0 atom stereocenters. The predicted molar refractivity (Wildman–Crippen MR) is 55.0 cm³/mol. The van der Waals surface area contributed by atoms with E-state index in [2.05, 4.69) is 0 Å². The standard InChI is InChI=1S/C10H18N2O3/c1-2-15-10(14)7-12(8-3-4-8)9(13)5-6-11/h8H,2-7,11H2,1H3. The van der Waals surface area contributed by atoms with E-state index in [1.54, 1.807) is 11.8 Å². The lowest BCUT2D eigenvalue weighted by molar-refractivity contribution is -0.149. The number of esters is 1. The van der Waals surface area contributed by atoms with Crippen LogP contribution in [-0.2, 0) is 14.3 Å². The highest BCUT2D eigenvalue weighted by molar-refractivity contribution is 5.82. The molecule has 5 nitrogen and oxygen atoms in total. The minimum Gasteiger partial charge on any atom is -0.465 e. The zero-order valence-corrected chi connectivity index (χ0v) is 9.07. The van der Waals surface area contributed by atoms with Crippen LogP contribution in [0.3, 0.4) is 0 Å². The molecular weight excluding hydrogens is 196 g/mol.